The normalized spacial score (nSPS) is 18.1. The van der Waals surface area contributed by atoms with Crippen LogP contribution in [-0.2, 0) is 4.79 Å². The smallest absolute Gasteiger partial charge is 0.326 e. The largest absolute Gasteiger partial charge is 0.480 e. The highest BCUT2D eigenvalue weighted by Crippen LogP contribution is 2.21. The number of rotatable bonds is 6. The van der Waals surface area contributed by atoms with Crippen LogP contribution < -0.4 is 5.32 Å². The van der Waals surface area contributed by atoms with Gasteiger partial charge in [-0.2, -0.15) is 0 Å². The van der Waals surface area contributed by atoms with Gasteiger partial charge in [-0.15, -0.1) is 0 Å². The maximum Gasteiger partial charge on any atom is 0.326 e. The van der Waals surface area contributed by atoms with Crippen LogP contribution in [0, 0.1) is 5.92 Å². The lowest BCUT2D eigenvalue weighted by Crippen LogP contribution is -2.50. The molecule has 6 nitrogen and oxygen atoms in total. The van der Waals surface area contributed by atoms with Crippen LogP contribution in [0.4, 0.5) is 4.79 Å². The van der Waals surface area contributed by atoms with Crippen LogP contribution >= 0.6 is 0 Å². The van der Waals surface area contributed by atoms with Crippen LogP contribution in [0.5, 0.6) is 0 Å². The average Bonchev–Trinajstić information content (AvgIpc) is 2.39. The van der Waals surface area contributed by atoms with E-state index in [1.54, 1.807) is 4.90 Å². The van der Waals surface area contributed by atoms with Gasteiger partial charge in [0.15, 0.2) is 0 Å². The third-order valence-electron chi connectivity index (χ3n) is 3.61. The van der Waals surface area contributed by atoms with E-state index < -0.39 is 12.0 Å². The molecular weight excluding hydrogens is 248 g/mol. The van der Waals surface area contributed by atoms with E-state index >= 15 is 0 Å². The molecule has 1 heterocycles. The molecule has 0 bridgehead atoms. The van der Waals surface area contributed by atoms with Crippen LogP contribution in [0.3, 0.4) is 0 Å². The number of nitrogens with zero attached hydrogens (tertiary/aromatic N) is 1. The third-order valence-corrected chi connectivity index (χ3v) is 3.61. The molecule has 0 radical (unpaired) electrons. The molecule has 19 heavy (non-hydrogen) atoms. The Balaban J connectivity index is 2.39. The molecule has 1 saturated heterocycles. The molecule has 1 aliphatic rings. The van der Waals surface area contributed by atoms with E-state index in [4.69, 9.17) is 10.2 Å². The number of carbonyl (C=O) groups excluding carboxylic acids is 1. The van der Waals surface area contributed by atoms with Gasteiger partial charge in [0.1, 0.15) is 6.04 Å². The highest BCUT2D eigenvalue weighted by atomic mass is 16.4. The Morgan fingerprint density at radius 2 is 2.00 bits per heavy atom. The first-order chi connectivity index (χ1) is 9.08. The zero-order valence-corrected chi connectivity index (χ0v) is 11.5. The number of hydrogen-bond acceptors (Lipinski definition) is 3. The highest BCUT2D eigenvalue weighted by molar-refractivity contribution is 5.82. The fraction of sp³-hybridized carbons (Fsp3) is 0.846. The summed E-state index contributed by atoms with van der Waals surface area (Å²) in [4.78, 5) is 24.5. The van der Waals surface area contributed by atoms with Gasteiger partial charge < -0.3 is 20.4 Å². The van der Waals surface area contributed by atoms with Gasteiger partial charge >= 0.3 is 12.0 Å². The number of nitrogens with one attached hydrogen (secondary N) is 1. The lowest BCUT2D eigenvalue weighted by atomic mass is 9.93. The van der Waals surface area contributed by atoms with Crippen LogP contribution in [0.1, 0.15) is 39.0 Å². The average molecular weight is 272 g/mol. The van der Waals surface area contributed by atoms with Gasteiger partial charge in [-0.3, -0.25) is 0 Å². The summed E-state index contributed by atoms with van der Waals surface area (Å²) in [5.41, 5.74) is 0. The molecule has 0 unspecified atom stereocenters. The minimum atomic E-state index is -1.11. The van der Waals surface area contributed by atoms with Crippen molar-refractivity contribution in [3.8, 4) is 0 Å². The van der Waals surface area contributed by atoms with E-state index in [0.717, 1.165) is 19.3 Å². The van der Waals surface area contributed by atoms with Gasteiger partial charge in [-0.1, -0.05) is 19.8 Å². The molecule has 3 N–H and O–H groups in total. The van der Waals surface area contributed by atoms with Crippen molar-refractivity contribution in [2.75, 3.05) is 19.7 Å². The summed E-state index contributed by atoms with van der Waals surface area (Å²) in [6.07, 6.45) is 4.36. The zero-order chi connectivity index (χ0) is 14.3. The first kappa shape index (κ1) is 15.8. The zero-order valence-electron chi connectivity index (χ0n) is 11.5. The van der Waals surface area contributed by atoms with Crippen molar-refractivity contribution in [1.82, 2.24) is 10.2 Å². The van der Waals surface area contributed by atoms with Gasteiger partial charge in [0.25, 0.3) is 0 Å². The Labute approximate surface area is 113 Å². The number of hydrogen-bond donors (Lipinski definition) is 3. The Kier molecular flexibility index (Phi) is 6.62. The van der Waals surface area contributed by atoms with Crippen molar-refractivity contribution in [3.63, 3.8) is 0 Å². The van der Waals surface area contributed by atoms with Crippen molar-refractivity contribution >= 4 is 12.0 Å². The molecule has 0 aromatic rings. The fourth-order valence-electron chi connectivity index (χ4n) is 2.46. The maximum atomic E-state index is 11.9. The Bertz CT molecular complexity index is 301. The van der Waals surface area contributed by atoms with Crippen LogP contribution in [0.2, 0.25) is 0 Å². The Morgan fingerprint density at radius 1 is 1.37 bits per heavy atom. The van der Waals surface area contributed by atoms with E-state index in [1.165, 1.54) is 6.42 Å². The number of carboxylic acids is 1. The molecule has 110 valence electrons. The van der Waals surface area contributed by atoms with E-state index in [0.29, 0.717) is 19.0 Å². The van der Waals surface area contributed by atoms with Gasteiger partial charge in [-0.05, 0) is 18.8 Å². The topological polar surface area (TPSA) is 89.9 Å². The van der Waals surface area contributed by atoms with Gasteiger partial charge in [-0.25, -0.2) is 9.59 Å². The molecule has 0 aromatic heterocycles. The molecule has 0 aromatic carbocycles. The Hall–Kier alpha value is -1.30. The fourth-order valence-corrected chi connectivity index (χ4v) is 2.46. The van der Waals surface area contributed by atoms with Gasteiger partial charge in [0.05, 0.1) is 0 Å². The molecule has 2 amide bonds. The second-order valence-electron chi connectivity index (χ2n) is 5.07. The molecule has 1 aliphatic heterocycles. The summed E-state index contributed by atoms with van der Waals surface area (Å²) in [6, 6.07) is -1.35. The SMILES string of the molecule is CCCC1CCN(C(=O)N[C@@H](CCO)C(=O)O)CC1. The molecule has 1 rings (SSSR count). The highest BCUT2D eigenvalue weighted by Gasteiger charge is 2.26. The number of urea groups is 1. The monoisotopic (exact) mass is 272 g/mol. The summed E-state index contributed by atoms with van der Waals surface area (Å²) >= 11 is 0. The number of aliphatic hydroxyl groups is 1. The summed E-state index contributed by atoms with van der Waals surface area (Å²) in [5.74, 6) is -0.426. The van der Waals surface area contributed by atoms with Crippen LogP contribution in [0.15, 0.2) is 0 Å². The lowest BCUT2D eigenvalue weighted by molar-refractivity contribution is -0.139. The van der Waals surface area contributed by atoms with Crippen molar-refractivity contribution in [1.29, 1.82) is 0 Å². The number of piperidine rings is 1. The summed E-state index contributed by atoms with van der Waals surface area (Å²) in [6.45, 7) is 3.27. The maximum absolute atomic E-state index is 11.9. The minimum Gasteiger partial charge on any atom is -0.480 e. The molecular formula is C13H24N2O4. The van der Waals surface area contributed by atoms with Crippen LogP contribution in [-0.4, -0.2) is 52.9 Å². The first-order valence-corrected chi connectivity index (χ1v) is 6.97. The number of likely N-dealkylation sites (tertiary alicyclic amines) is 1. The number of aliphatic carboxylic acids is 1. The van der Waals surface area contributed by atoms with E-state index in [2.05, 4.69) is 12.2 Å². The van der Waals surface area contributed by atoms with E-state index in [-0.39, 0.29) is 19.1 Å². The minimum absolute atomic E-state index is 0.0351. The summed E-state index contributed by atoms with van der Waals surface area (Å²) < 4.78 is 0. The number of amides is 2. The third kappa shape index (κ3) is 5.06. The lowest BCUT2D eigenvalue weighted by Gasteiger charge is -2.32. The Morgan fingerprint density at radius 3 is 2.47 bits per heavy atom. The number of aliphatic hydroxyl groups excluding tert-OH is 1. The van der Waals surface area contributed by atoms with Crippen molar-refractivity contribution < 1.29 is 19.8 Å². The van der Waals surface area contributed by atoms with Crippen molar-refractivity contribution in [2.45, 2.75) is 45.1 Å². The number of carboxylic acid groups (broad SMARTS) is 1. The summed E-state index contributed by atoms with van der Waals surface area (Å²) in [7, 11) is 0. The predicted molar refractivity (Wildman–Crippen MR) is 70.9 cm³/mol. The molecule has 0 saturated carbocycles. The van der Waals surface area contributed by atoms with Crippen LogP contribution in [0.25, 0.3) is 0 Å². The number of carbonyl (C=O) groups is 2. The molecule has 0 aliphatic carbocycles. The van der Waals surface area contributed by atoms with E-state index in [1.807, 2.05) is 0 Å². The van der Waals surface area contributed by atoms with E-state index in [9.17, 15) is 9.59 Å². The van der Waals surface area contributed by atoms with Gasteiger partial charge in [0, 0.05) is 26.1 Å². The molecule has 1 fully saturated rings. The molecule has 6 heteroatoms. The van der Waals surface area contributed by atoms with Gasteiger partial charge in [0.2, 0.25) is 0 Å². The quantitative estimate of drug-likeness (QED) is 0.674. The second kappa shape index (κ2) is 7.99. The van der Waals surface area contributed by atoms with Crippen molar-refractivity contribution in [3.05, 3.63) is 0 Å². The first-order valence-electron chi connectivity index (χ1n) is 6.97. The predicted octanol–water partition coefficient (Wildman–Crippen LogP) is 1.04. The second-order valence-corrected chi connectivity index (χ2v) is 5.07. The molecule has 1 atom stereocenters. The molecule has 0 spiro atoms. The standard InChI is InChI=1S/C13H24N2O4/c1-2-3-10-4-7-15(8-5-10)13(19)14-11(6-9-16)12(17)18/h10-11,16H,2-9H2,1H3,(H,14,19)(H,17,18)/t11-/m0/s1. The van der Waals surface area contributed by atoms with Crippen molar-refractivity contribution in [2.24, 2.45) is 5.92 Å². The summed E-state index contributed by atoms with van der Waals surface area (Å²) in [5, 5.41) is 20.2.